The molecule has 0 unspecified atom stereocenters. The van der Waals surface area contributed by atoms with Crippen LogP contribution >= 0.6 is 0 Å². The van der Waals surface area contributed by atoms with Crippen molar-refractivity contribution in [2.75, 3.05) is 46.4 Å². The van der Waals surface area contributed by atoms with Gasteiger partial charge in [0.05, 0.1) is 6.61 Å². The molecule has 0 radical (unpaired) electrons. The van der Waals surface area contributed by atoms with Crippen molar-refractivity contribution in [1.82, 2.24) is 15.1 Å². The molecule has 1 saturated heterocycles. The van der Waals surface area contributed by atoms with Gasteiger partial charge >= 0.3 is 0 Å². The van der Waals surface area contributed by atoms with Gasteiger partial charge in [0.2, 0.25) is 5.91 Å². The normalized spacial score (nSPS) is 28.1. The Morgan fingerprint density at radius 3 is 2.36 bits per heavy atom. The highest BCUT2D eigenvalue weighted by Gasteiger charge is 2.29. The zero-order valence-corrected chi connectivity index (χ0v) is 14.5. The predicted molar refractivity (Wildman–Crippen MR) is 88.9 cm³/mol. The molecule has 22 heavy (non-hydrogen) atoms. The zero-order chi connectivity index (χ0) is 15.9. The molecule has 2 rings (SSSR count). The van der Waals surface area contributed by atoms with E-state index in [-0.39, 0.29) is 11.8 Å². The van der Waals surface area contributed by atoms with Gasteiger partial charge in [-0.2, -0.15) is 0 Å². The molecule has 1 heterocycles. The van der Waals surface area contributed by atoms with Gasteiger partial charge in [0.25, 0.3) is 0 Å². The van der Waals surface area contributed by atoms with E-state index in [1.165, 1.54) is 12.8 Å². The first kappa shape index (κ1) is 17.7. The minimum atomic E-state index is 0.275. The van der Waals surface area contributed by atoms with Crippen LogP contribution in [0.3, 0.4) is 0 Å². The van der Waals surface area contributed by atoms with Crippen molar-refractivity contribution in [1.29, 1.82) is 0 Å². The average molecular weight is 311 g/mol. The molecule has 0 aromatic carbocycles. The highest BCUT2D eigenvalue weighted by atomic mass is 16.5. The van der Waals surface area contributed by atoms with Gasteiger partial charge in [0.15, 0.2) is 0 Å². The molecule has 0 spiro atoms. The quantitative estimate of drug-likeness (QED) is 0.770. The molecule has 1 amide bonds. The second-order valence-corrected chi connectivity index (χ2v) is 6.96. The minimum absolute atomic E-state index is 0.275. The Balaban J connectivity index is 1.67. The highest BCUT2D eigenvalue weighted by Crippen LogP contribution is 2.24. The van der Waals surface area contributed by atoms with Crippen LogP contribution in [0.25, 0.3) is 0 Å². The molecule has 0 bridgehead atoms. The molecule has 1 aliphatic carbocycles. The molecule has 128 valence electrons. The minimum Gasteiger partial charge on any atom is -0.383 e. The van der Waals surface area contributed by atoms with Crippen LogP contribution < -0.4 is 5.32 Å². The summed E-state index contributed by atoms with van der Waals surface area (Å²) in [5.41, 5.74) is 0. The molecule has 2 atom stereocenters. The van der Waals surface area contributed by atoms with Gasteiger partial charge in [-0.3, -0.25) is 14.6 Å². The van der Waals surface area contributed by atoms with Crippen molar-refractivity contribution in [2.45, 2.75) is 51.6 Å². The van der Waals surface area contributed by atoms with E-state index in [1.54, 1.807) is 7.11 Å². The predicted octanol–water partition coefficient (Wildman–Crippen LogP) is 1.33. The number of amides is 1. The first-order valence-electron chi connectivity index (χ1n) is 8.86. The number of hydrogen-bond acceptors (Lipinski definition) is 4. The fourth-order valence-electron chi connectivity index (χ4n) is 3.96. The summed E-state index contributed by atoms with van der Waals surface area (Å²) in [6.45, 7) is 10.3. The third kappa shape index (κ3) is 4.93. The lowest BCUT2D eigenvalue weighted by Crippen LogP contribution is -2.58. The van der Waals surface area contributed by atoms with Crippen molar-refractivity contribution in [3.8, 4) is 0 Å². The lowest BCUT2D eigenvalue weighted by Gasteiger charge is -2.44. The molecule has 1 saturated carbocycles. The SMILES string of the molecule is COCCN1[C@@H](C)CN(CCNC(=O)C2CCCC2)C[C@@H]1C. The second kappa shape index (κ2) is 8.85. The molecule has 0 aromatic rings. The van der Waals surface area contributed by atoms with Crippen molar-refractivity contribution in [2.24, 2.45) is 5.92 Å². The van der Waals surface area contributed by atoms with Crippen LogP contribution in [-0.4, -0.2) is 74.2 Å². The molecule has 2 aliphatic rings. The smallest absolute Gasteiger partial charge is 0.223 e. The fourth-order valence-corrected chi connectivity index (χ4v) is 3.96. The summed E-state index contributed by atoms with van der Waals surface area (Å²) < 4.78 is 5.21. The van der Waals surface area contributed by atoms with Crippen molar-refractivity contribution in [3.05, 3.63) is 0 Å². The van der Waals surface area contributed by atoms with Gasteiger partial charge in [-0.15, -0.1) is 0 Å². The van der Waals surface area contributed by atoms with E-state index in [0.717, 1.165) is 52.2 Å². The van der Waals surface area contributed by atoms with Crippen molar-refractivity contribution < 1.29 is 9.53 Å². The lowest BCUT2D eigenvalue weighted by atomic mass is 10.1. The molecular weight excluding hydrogens is 278 g/mol. The number of methoxy groups -OCH3 is 1. The largest absolute Gasteiger partial charge is 0.383 e. The number of carbonyl (C=O) groups is 1. The van der Waals surface area contributed by atoms with E-state index in [1.807, 2.05) is 0 Å². The van der Waals surface area contributed by atoms with E-state index < -0.39 is 0 Å². The molecule has 2 fully saturated rings. The Bertz CT molecular complexity index is 333. The van der Waals surface area contributed by atoms with E-state index in [2.05, 4.69) is 29.0 Å². The average Bonchev–Trinajstić information content (AvgIpc) is 3.00. The van der Waals surface area contributed by atoms with Crippen LogP contribution in [0.2, 0.25) is 0 Å². The van der Waals surface area contributed by atoms with E-state index in [4.69, 9.17) is 4.74 Å². The van der Waals surface area contributed by atoms with Crippen molar-refractivity contribution >= 4 is 5.91 Å². The number of ether oxygens (including phenoxy) is 1. The Labute approximate surface area is 135 Å². The molecule has 0 aromatic heterocycles. The summed E-state index contributed by atoms with van der Waals surface area (Å²) in [4.78, 5) is 17.0. The van der Waals surface area contributed by atoms with Crippen molar-refractivity contribution in [3.63, 3.8) is 0 Å². The number of hydrogen-bond donors (Lipinski definition) is 1. The summed E-state index contributed by atoms with van der Waals surface area (Å²) >= 11 is 0. The van der Waals surface area contributed by atoms with Gasteiger partial charge in [0, 0.05) is 57.8 Å². The maximum Gasteiger partial charge on any atom is 0.223 e. The maximum absolute atomic E-state index is 12.0. The van der Waals surface area contributed by atoms with Crippen LogP contribution in [0.5, 0.6) is 0 Å². The van der Waals surface area contributed by atoms with Gasteiger partial charge in [-0.1, -0.05) is 12.8 Å². The Morgan fingerprint density at radius 2 is 1.77 bits per heavy atom. The first-order valence-corrected chi connectivity index (χ1v) is 8.86. The summed E-state index contributed by atoms with van der Waals surface area (Å²) in [6, 6.07) is 1.09. The standard InChI is InChI=1S/C17H33N3O2/c1-14-12-19(13-15(2)20(14)10-11-22-3)9-8-18-17(21)16-6-4-5-7-16/h14-16H,4-13H2,1-3H3,(H,18,21)/t14-,15-/m0/s1. The van der Waals surface area contributed by atoms with E-state index >= 15 is 0 Å². The Morgan fingerprint density at radius 1 is 1.14 bits per heavy atom. The maximum atomic E-state index is 12.0. The lowest BCUT2D eigenvalue weighted by molar-refractivity contribution is -0.124. The zero-order valence-electron chi connectivity index (χ0n) is 14.5. The van der Waals surface area contributed by atoms with Gasteiger partial charge in [0.1, 0.15) is 0 Å². The van der Waals surface area contributed by atoms with Gasteiger partial charge in [-0.05, 0) is 26.7 Å². The number of rotatable bonds is 7. The van der Waals surface area contributed by atoms with E-state index in [0.29, 0.717) is 12.1 Å². The summed E-state index contributed by atoms with van der Waals surface area (Å²) in [5.74, 6) is 0.557. The van der Waals surface area contributed by atoms with Crippen LogP contribution in [0.1, 0.15) is 39.5 Å². The van der Waals surface area contributed by atoms with Crippen LogP contribution in [-0.2, 0) is 9.53 Å². The first-order chi connectivity index (χ1) is 10.6. The monoisotopic (exact) mass is 311 g/mol. The molecule has 1 aliphatic heterocycles. The Hall–Kier alpha value is -0.650. The van der Waals surface area contributed by atoms with Gasteiger partial charge < -0.3 is 10.1 Å². The number of nitrogens with one attached hydrogen (secondary N) is 1. The number of piperazine rings is 1. The molecule has 5 heteroatoms. The van der Waals surface area contributed by atoms with Gasteiger partial charge in [-0.25, -0.2) is 0 Å². The fraction of sp³-hybridized carbons (Fsp3) is 0.941. The molecule has 1 N–H and O–H groups in total. The van der Waals surface area contributed by atoms with Crippen LogP contribution in [0.4, 0.5) is 0 Å². The summed E-state index contributed by atoms with van der Waals surface area (Å²) in [6.07, 6.45) is 4.60. The topological polar surface area (TPSA) is 44.8 Å². The van der Waals surface area contributed by atoms with Crippen LogP contribution in [0.15, 0.2) is 0 Å². The molecular formula is C17H33N3O2. The number of carbonyl (C=O) groups excluding carboxylic acids is 1. The Kier molecular flexibility index (Phi) is 7.12. The summed E-state index contributed by atoms with van der Waals surface area (Å²) in [5, 5.41) is 3.13. The number of nitrogens with zero attached hydrogens (tertiary/aromatic N) is 2. The highest BCUT2D eigenvalue weighted by molar-refractivity contribution is 5.78. The van der Waals surface area contributed by atoms with E-state index in [9.17, 15) is 4.79 Å². The molecule has 5 nitrogen and oxygen atoms in total. The van der Waals surface area contributed by atoms with Crippen LogP contribution in [0, 0.1) is 5.92 Å². The second-order valence-electron chi connectivity index (χ2n) is 6.96. The summed E-state index contributed by atoms with van der Waals surface area (Å²) in [7, 11) is 1.76. The third-order valence-electron chi connectivity index (χ3n) is 5.18. The third-order valence-corrected chi connectivity index (χ3v) is 5.18.